The Hall–Kier alpha value is -3.12. The number of hydrogen-bond acceptors (Lipinski definition) is 5. The van der Waals surface area contributed by atoms with Crippen molar-refractivity contribution in [3.8, 4) is 11.3 Å². The summed E-state index contributed by atoms with van der Waals surface area (Å²) in [5.74, 6) is 0. The van der Waals surface area contributed by atoms with E-state index >= 15 is 0 Å². The molecule has 0 radical (unpaired) electrons. The van der Waals surface area contributed by atoms with E-state index in [4.69, 9.17) is 17.3 Å². The van der Waals surface area contributed by atoms with Crippen LogP contribution in [0.2, 0.25) is 5.02 Å². The van der Waals surface area contributed by atoms with Crippen LogP contribution in [0.15, 0.2) is 53.7 Å². The summed E-state index contributed by atoms with van der Waals surface area (Å²) in [6.07, 6.45) is 4.24. The van der Waals surface area contributed by atoms with Gasteiger partial charge in [0.05, 0.1) is 17.4 Å². The van der Waals surface area contributed by atoms with Crippen LogP contribution >= 0.6 is 11.6 Å². The van der Waals surface area contributed by atoms with Gasteiger partial charge in [0.2, 0.25) is 0 Å². The van der Waals surface area contributed by atoms with Gasteiger partial charge in [-0.2, -0.15) is 0 Å². The van der Waals surface area contributed by atoms with E-state index in [2.05, 4.69) is 38.8 Å². The van der Waals surface area contributed by atoms with Gasteiger partial charge in [-0.25, -0.2) is 4.68 Å². The van der Waals surface area contributed by atoms with Crippen LogP contribution in [0.4, 0.5) is 5.69 Å². The molecule has 1 aliphatic heterocycles. The number of hydrogen-bond donors (Lipinski definition) is 2. The number of nitrogens with one attached hydrogen (secondary N) is 1. The molecule has 148 valence electrons. The highest BCUT2D eigenvalue weighted by atomic mass is 35.5. The maximum atomic E-state index is 6.05. The summed E-state index contributed by atoms with van der Waals surface area (Å²) < 4.78 is 1.99. The second kappa shape index (κ2) is 8.09. The van der Waals surface area contributed by atoms with Crippen LogP contribution in [0.5, 0.6) is 0 Å². The zero-order valence-corrected chi connectivity index (χ0v) is 17.2. The second-order valence-corrected chi connectivity index (χ2v) is 7.49. The minimum Gasteiger partial charge on any atom is -0.404 e. The molecule has 7 heteroatoms. The number of anilines is 1. The molecule has 29 heavy (non-hydrogen) atoms. The second-order valence-electron chi connectivity index (χ2n) is 7.05. The smallest absolute Gasteiger partial charge is 0.0918 e. The summed E-state index contributed by atoms with van der Waals surface area (Å²) in [7, 11) is 1.74. The molecule has 6 nitrogen and oxygen atoms in total. The first-order valence-corrected chi connectivity index (χ1v) is 9.89. The van der Waals surface area contributed by atoms with Crippen molar-refractivity contribution in [1.29, 1.82) is 0 Å². The minimum atomic E-state index is 0.102. The molecule has 3 N–H and O–H groups in total. The highest BCUT2D eigenvalue weighted by Gasteiger charge is 2.25. The Kier molecular flexibility index (Phi) is 5.36. The highest BCUT2D eigenvalue weighted by Crippen LogP contribution is 2.38. The molecular formula is C22H23ClN6. The molecule has 0 aliphatic carbocycles. The predicted octanol–water partition coefficient (Wildman–Crippen LogP) is 4.46. The Morgan fingerprint density at radius 1 is 1.28 bits per heavy atom. The van der Waals surface area contributed by atoms with Crippen LogP contribution < -0.4 is 11.1 Å². The quantitative estimate of drug-likeness (QED) is 0.626. The van der Waals surface area contributed by atoms with Crippen molar-refractivity contribution >= 4 is 29.1 Å². The fraction of sp³-hybridized carbons (Fsp3) is 0.227. The van der Waals surface area contributed by atoms with Crippen LogP contribution in [0.1, 0.15) is 29.3 Å². The number of aromatic nitrogens is 3. The van der Waals surface area contributed by atoms with Gasteiger partial charge >= 0.3 is 0 Å². The molecule has 2 aromatic carbocycles. The Bertz CT molecular complexity index is 1080. The van der Waals surface area contributed by atoms with Gasteiger partial charge in [-0.15, -0.1) is 5.10 Å². The molecule has 1 unspecified atom stereocenters. The average Bonchev–Trinajstić information content (AvgIpc) is 3.02. The number of nitrogens with two attached hydrogens (primary N) is 1. The zero-order chi connectivity index (χ0) is 20.4. The molecule has 1 aromatic heterocycles. The number of aryl methyl sites for hydroxylation is 2. The lowest BCUT2D eigenvalue weighted by Gasteiger charge is -2.21. The van der Waals surface area contributed by atoms with Crippen LogP contribution in [-0.4, -0.2) is 28.3 Å². The standard InChI is InChI=1S/C22H23ClN6/c1-14-22-19-8-3-15(16(12-24)13-25-2)11-20(19)21(9-10-29(22)28-27-14)26-18-6-4-17(23)5-7-18/h3-8,11-13,21,26H,9-10,24H2,1-2H3. The van der Waals surface area contributed by atoms with Crippen molar-refractivity contribution < 1.29 is 0 Å². The van der Waals surface area contributed by atoms with Crippen molar-refractivity contribution in [2.75, 3.05) is 12.4 Å². The van der Waals surface area contributed by atoms with Crippen molar-refractivity contribution in [1.82, 2.24) is 15.0 Å². The Morgan fingerprint density at radius 2 is 2.07 bits per heavy atom. The first-order chi connectivity index (χ1) is 14.1. The average molecular weight is 407 g/mol. The number of allylic oxidation sites excluding steroid dienone is 1. The van der Waals surface area contributed by atoms with Crippen LogP contribution in [0.3, 0.4) is 0 Å². The van der Waals surface area contributed by atoms with Crippen molar-refractivity contribution in [2.45, 2.75) is 25.9 Å². The maximum absolute atomic E-state index is 6.05. The van der Waals surface area contributed by atoms with Gasteiger partial charge in [0.25, 0.3) is 0 Å². The summed E-state index contributed by atoms with van der Waals surface area (Å²) in [4.78, 5) is 4.13. The van der Waals surface area contributed by atoms with E-state index in [9.17, 15) is 0 Å². The van der Waals surface area contributed by atoms with E-state index in [-0.39, 0.29) is 6.04 Å². The zero-order valence-electron chi connectivity index (χ0n) is 16.4. The lowest BCUT2D eigenvalue weighted by Crippen LogP contribution is -2.13. The molecular weight excluding hydrogens is 384 g/mol. The van der Waals surface area contributed by atoms with Gasteiger partial charge in [0.15, 0.2) is 0 Å². The Morgan fingerprint density at radius 3 is 2.79 bits per heavy atom. The van der Waals surface area contributed by atoms with E-state index in [0.717, 1.165) is 51.8 Å². The highest BCUT2D eigenvalue weighted by molar-refractivity contribution is 6.30. The van der Waals surface area contributed by atoms with Crippen LogP contribution in [0, 0.1) is 6.92 Å². The summed E-state index contributed by atoms with van der Waals surface area (Å²) >= 11 is 6.05. The number of rotatable bonds is 4. The third-order valence-electron chi connectivity index (χ3n) is 5.18. The fourth-order valence-corrected chi connectivity index (χ4v) is 3.92. The van der Waals surface area contributed by atoms with E-state index in [1.54, 1.807) is 19.5 Å². The van der Waals surface area contributed by atoms with E-state index in [1.807, 2.05) is 35.9 Å². The van der Waals surface area contributed by atoms with Crippen molar-refractivity contribution in [3.05, 3.63) is 70.5 Å². The molecule has 0 spiro atoms. The lowest BCUT2D eigenvalue weighted by atomic mass is 9.92. The molecule has 0 bridgehead atoms. The molecule has 2 heterocycles. The third-order valence-corrected chi connectivity index (χ3v) is 5.43. The SMILES string of the molecule is CN=CC(=CN)c1ccc2c(c1)C(Nc1ccc(Cl)cc1)CCn1nnc(C)c1-2. The summed E-state index contributed by atoms with van der Waals surface area (Å²) in [6, 6.07) is 14.3. The minimum absolute atomic E-state index is 0.102. The van der Waals surface area contributed by atoms with Gasteiger partial charge in [0.1, 0.15) is 0 Å². The number of halogens is 1. The number of benzene rings is 2. The summed E-state index contributed by atoms with van der Waals surface area (Å²) in [5, 5.41) is 13.0. The Balaban J connectivity index is 1.83. The van der Waals surface area contributed by atoms with Gasteiger partial charge in [-0.05, 0) is 54.8 Å². The molecule has 0 saturated heterocycles. The fourth-order valence-electron chi connectivity index (χ4n) is 3.79. The lowest BCUT2D eigenvalue weighted by molar-refractivity contribution is 0.539. The molecule has 3 aromatic rings. The number of aliphatic imine (C=N–C) groups is 1. The first-order valence-electron chi connectivity index (χ1n) is 9.51. The van der Waals surface area contributed by atoms with Gasteiger partial charge < -0.3 is 11.1 Å². The monoisotopic (exact) mass is 406 g/mol. The molecule has 1 atom stereocenters. The molecule has 4 rings (SSSR count). The van der Waals surface area contributed by atoms with Crippen LogP contribution in [0.25, 0.3) is 16.8 Å². The molecule has 0 amide bonds. The summed E-state index contributed by atoms with van der Waals surface area (Å²) in [6.45, 7) is 2.78. The third kappa shape index (κ3) is 3.76. The topological polar surface area (TPSA) is 81.1 Å². The maximum Gasteiger partial charge on any atom is 0.0918 e. The number of fused-ring (bicyclic) bond motifs is 3. The molecule has 0 saturated carbocycles. The van der Waals surface area contributed by atoms with Crippen molar-refractivity contribution in [3.63, 3.8) is 0 Å². The summed E-state index contributed by atoms with van der Waals surface area (Å²) in [5.41, 5.74) is 13.1. The molecule has 1 aliphatic rings. The van der Waals surface area contributed by atoms with Crippen molar-refractivity contribution in [2.24, 2.45) is 10.7 Å². The van der Waals surface area contributed by atoms with Gasteiger partial charge in [-0.1, -0.05) is 28.9 Å². The first kappa shape index (κ1) is 19.2. The van der Waals surface area contributed by atoms with E-state index in [1.165, 1.54) is 5.56 Å². The predicted molar refractivity (Wildman–Crippen MR) is 119 cm³/mol. The van der Waals surface area contributed by atoms with Crippen LogP contribution in [-0.2, 0) is 6.54 Å². The van der Waals surface area contributed by atoms with Gasteiger partial charge in [0, 0.05) is 47.9 Å². The van der Waals surface area contributed by atoms with E-state index < -0.39 is 0 Å². The number of nitrogens with zero attached hydrogens (tertiary/aromatic N) is 4. The largest absolute Gasteiger partial charge is 0.404 e. The Labute approximate surface area is 175 Å². The van der Waals surface area contributed by atoms with Gasteiger partial charge in [-0.3, -0.25) is 4.99 Å². The molecule has 0 fully saturated rings. The van der Waals surface area contributed by atoms with E-state index in [0.29, 0.717) is 0 Å². The normalized spacial score (nSPS) is 16.4.